The Labute approximate surface area is 115 Å². The Hall–Kier alpha value is -1.77. The summed E-state index contributed by atoms with van der Waals surface area (Å²) < 4.78 is 0. The van der Waals surface area contributed by atoms with Crippen LogP contribution in [0.15, 0.2) is 36.8 Å². The monoisotopic (exact) mass is 257 g/mol. The first kappa shape index (κ1) is 13.7. The van der Waals surface area contributed by atoms with Crippen molar-refractivity contribution in [3.05, 3.63) is 36.8 Å². The molecule has 1 aromatic heterocycles. The molecule has 0 amide bonds. The first-order valence-electron chi connectivity index (χ1n) is 7.00. The van der Waals surface area contributed by atoms with Gasteiger partial charge in [0.05, 0.1) is 18.2 Å². The summed E-state index contributed by atoms with van der Waals surface area (Å²) in [5.41, 5.74) is 3.40. The van der Waals surface area contributed by atoms with Crippen molar-refractivity contribution in [1.82, 2.24) is 9.97 Å². The van der Waals surface area contributed by atoms with Crippen LogP contribution in [-0.4, -0.2) is 16.0 Å². The molecule has 0 fully saturated rings. The molecule has 0 bridgehead atoms. The molecule has 1 heterocycles. The summed E-state index contributed by atoms with van der Waals surface area (Å²) in [6.45, 7) is 6.78. The van der Waals surface area contributed by atoms with Crippen LogP contribution in [0.2, 0.25) is 0 Å². The van der Waals surface area contributed by atoms with Gasteiger partial charge in [-0.25, -0.2) is 4.98 Å². The molecule has 1 atom stereocenters. The smallest absolute Gasteiger partial charge is 0.0924 e. The molecule has 2 N–H and O–H groups in total. The minimum atomic E-state index is 0.514. The van der Waals surface area contributed by atoms with Crippen LogP contribution in [0.4, 0.5) is 5.69 Å². The molecule has 2 rings (SSSR count). The lowest BCUT2D eigenvalue weighted by molar-refractivity contribution is 0.528. The highest BCUT2D eigenvalue weighted by Crippen LogP contribution is 2.20. The summed E-state index contributed by atoms with van der Waals surface area (Å²) in [6, 6.07) is 9.00. The van der Waals surface area contributed by atoms with Crippen molar-refractivity contribution in [3.8, 4) is 11.3 Å². The van der Waals surface area contributed by atoms with Crippen LogP contribution in [0.25, 0.3) is 11.3 Å². The third-order valence-electron chi connectivity index (χ3n) is 3.28. The van der Waals surface area contributed by atoms with Gasteiger partial charge in [-0.15, -0.1) is 0 Å². The standard InChI is InChI=1S/C16H23N3/c1-12(2)4-5-13(3)19-15-8-6-14(7-9-15)16-10-17-11-18-16/h6-13,19H,4-5H2,1-3H3,(H,17,18). The van der Waals surface area contributed by atoms with E-state index >= 15 is 0 Å². The number of H-pyrrole nitrogens is 1. The molecule has 3 nitrogen and oxygen atoms in total. The number of nitrogens with one attached hydrogen (secondary N) is 2. The zero-order valence-corrected chi connectivity index (χ0v) is 12.0. The SMILES string of the molecule is CC(C)CCC(C)Nc1ccc(-c2cnc[nH]2)cc1. The van der Waals surface area contributed by atoms with E-state index in [1.165, 1.54) is 18.5 Å². The first-order chi connectivity index (χ1) is 9.15. The van der Waals surface area contributed by atoms with Crippen molar-refractivity contribution in [2.75, 3.05) is 5.32 Å². The molecule has 1 unspecified atom stereocenters. The lowest BCUT2D eigenvalue weighted by atomic mass is 10.0. The van der Waals surface area contributed by atoms with E-state index in [0.717, 1.165) is 17.2 Å². The number of hydrogen-bond donors (Lipinski definition) is 2. The van der Waals surface area contributed by atoms with E-state index in [9.17, 15) is 0 Å². The Bertz CT molecular complexity index is 471. The maximum absolute atomic E-state index is 4.04. The Morgan fingerprint density at radius 1 is 1.11 bits per heavy atom. The summed E-state index contributed by atoms with van der Waals surface area (Å²) in [4.78, 5) is 7.15. The Morgan fingerprint density at radius 3 is 2.42 bits per heavy atom. The van der Waals surface area contributed by atoms with Gasteiger partial charge in [0.2, 0.25) is 0 Å². The van der Waals surface area contributed by atoms with Gasteiger partial charge in [-0.3, -0.25) is 0 Å². The van der Waals surface area contributed by atoms with Gasteiger partial charge < -0.3 is 10.3 Å². The summed E-state index contributed by atoms with van der Waals surface area (Å²) >= 11 is 0. The van der Waals surface area contributed by atoms with Gasteiger partial charge in [0, 0.05) is 11.7 Å². The van der Waals surface area contributed by atoms with Crippen LogP contribution < -0.4 is 5.32 Å². The first-order valence-corrected chi connectivity index (χ1v) is 7.00. The molecule has 0 radical (unpaired) electrons. The largest absolute Gasteiger partial charge is 0.383 e. The maximum atomic E-state index is 4.04. The Kier molecular flexibility index (Phi) is 4.61. The second-order valence-corrected chi connectivity index (χ2v) is 5.56. The minimum absolute atomic E-state index is 0.514. The third-order valence-corrected chi connectivity index (χ3v) is 3.28. The van der Waals surface area contributed by atoms with E-state index in [1.807, 2.05) is 6.20 Å². The molecule has 0 saturated heterocycles. The molecule has 0 aliphatic heterocycles. The average Bonchev–Trinajstić information content (AvgIpc) is 2.91. The molecule has 1 aromatic carbocycles. The topological polar surface area (TPSA) is 40.7 Å². The summed E-state index contributed by atoms with van der Waals surface area (Å²) in [5, 5.41) is 3.54. The number of benzene rings is 1. The van der Waals surface area contributed by atoms with Gasteiger partial charge in [-0.2, -0.15) is 0 Å². The van der Waals surface area contributed by atoms with Crippen molar-refractivity contribution in [2.24, 2.45) is 5.92 Å². The predicted molar refractivity (Wildman–Crippen MR) is 81.2 cm³/mol. The predicted octanol–water partition coefficient (Wildman–Crippen LogP) is 4.31. The highest BCUT2D eigenvalue weighted by molar-refractivity contribution is 5.62. The maximum Gasteiger partial charge on any atom is 0.0924 e. The molecule has 3 heteroatoms. The molecule has 0 aliphatic carbocycles. The number of imidazole rings is 1. The van der Waals surface area contributed by atoms with Crippen molar-refractivity contribution < 1.29 is 0 Å². The van der Waals surface area contributed by atoms with Crippen LogP contribution in [0.3, 0.4) is 0 Å². The van der Waals surface area contributed by atoms with Gasteiger partial charge in [0.15, 0.2) is 0 Å². The van der Waals surface area contributed by atoms with E-state index in [2.05, 4.69) is 60.3 Å². The van der Waals surface area contributed by atoms with Crippen molar-refractivity contribution in [1.29, 1.82) is 0 Å². The van der Waals surface area contributed by atoms with Crippen LogP contribution in [0.5, 0.6) is 0 Å². The number of rotatable bonds is 6. The van der Waals surface area contributed by atoms with Gasteiger partial charge >= 0.3 is 0 Å². The van der Waals surface area contributed by atoms with E-state index < -0.39 is 0 Å². The van der Waals surface area contributed by atoms with E-state index in [4.69, 9.17) is 0 Å². The number of aromatic nitrogens is 2. The van der Waals surface area contributed by atoms with E-state index in [1.54, 1.807) is 6.33 Å². The van der Waals surface area contributed by atoms with Gasteiger partial charge in [0.25, 0.3) is 0 Å². The quantitative estimate of drug-likeness (QED) is 0.809. The fourth-order valence-corrected chi connectivity index (χ4v) is 2.10. The molecule has 0 saturated carbocycles. The van der Waals surface area contributed by atoms with E-state index in [0.29, 0.717) is 6.04 Å². The van der Waals surface area contributed by atoms with Crippen LogP contribution >= 0.6 is 0 Å². The fraction of sp³-hybridized carbons (Fsp3) is 0.438. The van der Waals surface area contributed by atoms with Gasteiger partial charge in [-0.1, -0.05) is 26.0 Å². The minimum Gasteiger partial charge on any atom is -0.383 e. The number of aromatic amines is 1. The van der Waals surface area contributed by atoms with Crippen molar-refractivity contribution >= 4 is 5.69 Å². The molecular weight excluding hydrogens is 234 g/mol. The molecule has 0 aliphatic rings. The highest BCUT2D eigenvalue weighted by Gasteiger charge is 2.04. The van der Waals surface area contributed by atoms with Crippen LogP contribution in [0, 0.1) is 5.92 Å². The molecule has 2 aromatic rings. The second-order valence-electron chi connectivity index (χ2n) is 5.56. The highest BCUT2D eigenvalue weighted by atomic mass is 14.9. The molecular formula is C16H23N3. The summed E-state index contributed by atoms with van der Waals surface area (Å²) in [6.07, 6.45) is 6.02. The zero-order chi connectivity index (χ0) is 13.7. The second kappa shape index (κ2) is 6.41. The Balaban J connectivity index is 1.92. The molecule has 19 heavy (non-hydrogen) atoms. The average molecular weight is 257 g/mol. The normalized spacial score (nSPS) is 12.6. The van der Waals surface area contributed by atoms with Crippen molar-refractivity contribution in [2.45, 2.75) is 39.7 Å². The van der Waals surface area contributed by atoms with Crippen LogP contribution in [-0.2, 0) is 0 Å². The fourth-order valence-electron chi connectivity index (χ4n) is 2.10. The lowest BCUT2D eigenvalue weighted by Gasteiger charge is -2.16. The molecule has 0 spiro atoms. The van der Waals surface area contributed by atoms with Gasteiger partial charge in [0.1, 0.15) is 0 Å². The zero-order valence-electron chi connectivity index (χ0n) is 12.0. The molecule has 102 valence electrons. The van der Waals surface area contributed by atoms with Gasteiger partial charge in [-0.05, 0) is 43.4 Å². The summed E-state index contributed by atoms with van der Waals surface area (Å²) in [7, 11) is 0. The van der Waals surface area contributed by atoms with E-state index in [-0.39, 0.29) is 0 Å². The Morgan fingerprint density at radius 2 is 1.84 bits per heavy atom. The summed E-state index contributed by atoms with van der Waals surface area (Å²) in [5.74, 6) is 0.770. The number of hydrogen-bond acceptors (Lipinski definition) is 2. The number of nitrogens with zero attached hydrogens (tertiary/aromatic N) is 1. The lowest BCUT2D eigenvalue weighted by Crippen LogP contribution is -2.15. The van der Waals surface area contributed by atoms with Crippen molar-refractivity contribution in [3.63, 3.8) is 0 Å². The number of anilines is 1. The third kappa shape index (κ3) is 4.12. The van der Waals surface area contributed by atoms with Crippen LogP contribution in [0.1, 0.15) is 33.6 Å².